The van der Waals surface area contributed by atoms with Gasteiger partial charge in [0.25, 0.3) is 0 Å². The van der Waals surface area contributed by atoms with E-state index in [0.29, 0.717) is 32.5 Å². The fraction of sp³-hybridized carbons (Fsp3) is 0.816. The maximum atomic E-state index is 12.8. The zero-order chi connectivity index (χ0) is 34.5. The van der Waals surface area contributed by atoms with E-state index in [1.807, 2.05) is 20.1 Å². The number of phenols is 1. The summed E-state index contributed by atoms with van der Waals surface area (Å²) in [5.74, 6) is 0.846. The molecule has 1 spiro atoms. The average Bonchev–Trinajstić information content (AvgIpc) is 3.86. The van der Waals surface area contributed by atoms with Crippen LogP contribution in [0.3, 0.4) is 0 Å². The second-order valence-electron chi connectivity index (χ2n) is 16.4. The van der Waals surface area contributed by atoms with Crippen molar-refractivity contribution in [1.82, 2.24) is 4.90 Å². The Morgan fingerprint density at radius 3 is 2.31 bits per heavy atom. The van der Waals surface area contributed by atoms with Crippen LogP contribution in [-0.2, 0) is 35.5 Å². The van der Waals surface area contributed by atoms with E-state index >= 15 is 0 Å². The standard InChI is InChI=1S/C38H59NO9/c1-25-37-14-15-39(24-26-8-9-26)30(36(37)12-13-38(25,44-7)29(23-36)35(5,42)34(2,3)4)22-27-10-11-28(32(40)31(27)37)48-33(41)47-21-20-46-19-18-45-17-16-43-6/h10-11,25-26,29-30,40,42H,8-9,12-24H2,1-7H3/t25-,29-,30-,35+,36-,37-,38-/m1/s1. The third-order valence-electron chi connectivity index (χ3n) is 13.7. The van der Waals surface area contributed by atoms with Gasteiger partial charge in [0.15, 0.2) is 11.5 Å². The van der Waals surface area contributed by atoms with Crippen molar-refractivity contribution in [1.29, 1.82) is 0 Å². The molecule has 4 bridgehead atoms. The lowest BCUT2D eigenvalue weighted by Crippen LogP contribution is -2.81. The minimum absolute atomic E-state index is 0.00433. The number of likely N-dealkylation sites (tertiary alicyclic amines) is 1. The van der Waals surface area contributed by atoms with Crippen LogP contribution in [0, 0.1) is 28.6 Å². The van der Waals surface area contributed by atoms with Crippen molar-refractivity contribution in [2.75, 3.05) is 67.0 Å². The average molecular weight is 674 g/mol. The molecule has 1 heterocycles. The van der Waals surface area contributed by atoms with Gasteiger partial charge in [0.2, 0.25) is 0 Å². The number of aromatic hydroxyl groups is 1. The fourth-order valence-corrected chi connectivity index (χ4v) is 10.6. The van der Waals surface area contributed by atoms with Gasteiger partial charge in [-0.15, -0.1) is 0 Å². The zero-order valence-corrected chi connectivity index (χ0v) is 30.3. The molecule has 2 N–H and O–H groups in total. The van der Waals surface area contributed by atoms with Crippen LogP contribution >= 0.6 is 0 Å². The van der Waals surface area contributed by atoms with Crippen molar-refractivity contribution in [2.45, 2.75) is 102 Å². The summed E-state index contributed by atoms with van der Waals surface area (Å²) in [5.41, 5.74) is -0.450. The van der Waals surface area contributed by atoms with Crippen LogP contribution in [-0.4, -0.2) is 105 Å². The number of hydrogen-bond acceptors (Lipinski definition) is 10. The zero-order valence-electron chi connectivity index (χ0n) is 30.3. The Labute approximate surface area is 286 Å². The monoisotopic (exact) mass is 673 g/mol. The first kappa shape index (κ1) is 35.9. The number of benzene rings is 1. The number of aliphatic hydroxyl groups is 1. The molecule has 5 fully saturated rings. The molecule has 1 aromatic rings. The molecule has 10 heteroatoms. The Hall–Kier alpha value is -1.95. The van der Waals surface area contributed by atoms with Gasteiger partial charge >= 0.3 is 6.16 Å². The van der Waals surface area contributed by atoms with Crippen molar-refractivity contribution in [3.63, 3.8) is 0 Å². The van der Waals surface area contributed by atoms with E-state index in [1.165, 1.54) is 12.8 Å². The van der Waals surface area contributed by atoms with Crippen LogP contribution in [0.5, 0.6) is 11.5 Å². The Morgan fingerprint density at radius 2 is 1.67 bits per heavy atom. The van der Waals surface area contributed by atoms with Gasteiger partial charge in [-0.05, 0) is 92.7 Å². The number of carbonyl (C=O) groups excluding carboxylic acids is 1. The van der Waals surface area contributed by atoms with Gasteiger partial charge < -0.3 is 38.6 Å². The number of ether oxygens (including phenoxy) is 6. The Balaban J connectivity index is 1.29. The molecule has 4 saturated carbocycles. The third-order valence-corrected chi connectivity index (χ3v) is 13.7. The summed E-state index contributed by atoms with van der Waals surface area (Å²) in [5, 5.41) is 24.6. The molecule has 0 unspecified atom stereocenters. The second-order valence-corrected chi connectivity index (χ2v) is 16.4. The molecule has 1 aromatic carbocycles. The predicted molar refractivity (Wildman–Crippen MR) is 180 cm³/mol. The van der Waals surface area contributed by atoms with E-state index in [2.05, 4.69) is 32.6 Å². The summed E-state index contributed by atoms with van der Waals surface area (Å²) in [6.07, 6.45) is 6.10. The summed E-state index contributed by atoms with van der Waals surface area (Å²) >= 11 is 0. The van der Waals surface area contributed by atoms with E-state index in [4.69, 9.17) is 28.4 Å². The van der Waals surface area contributed by atoms with Crippen LogP contribution < -0.4 is 4.74 Å². The molecule has 0 radical (unpaired) electrons. The second kappa shape index (κ2) is 13.3. The minimum atomic E-state index is -0.973. The molecule has 0 aromatic heterocycles. The van der Waals surface area contributed by atoms with E-state index in [1.54, 1.807) is 13.2 Å². The van der Waals surface area contributed by atoms with Gasteiger partial charge in [0, 0.05) is 43.7 Å². The van der Waals surface area contributed by atoms with E-state index in [0.717, 1.165) is 62.2 Å². The Bertz CT molecular complexity index is 1320. The number of phenolic OH excluding ortho intramolecular Hbond substituents is 1. The minimum Gasteiger partial charge on any atom is -0.504 e. The first-order valence-corrected chi connectivity index (χ1v) is 18.1. The number of rotatable bonds is 14. The highest BCUT2D eigenvalue weighted by molar-refractivity contribution is 5.68. The van der Waals surface area contributed by atoms with Crippen LogP contribution in [0.4, 0.5) is 4.79 Å². The van der Waals surface area contributed by atoms with Crippen LogP contribution in [0.2, 0.25) is 0 Å². The van der Waals surface area contributed by atoms with Crippen molar-refractivity contribution in [2.24, 2.45) is 28.6 Å². The molecule has 6 aliphatic rings. The van der Waals surface area contributed by atoms with Crippen molar-refractivity contribution in [3.05, 3.63) is 23.3 Å². The SMILES string of the molecule is COCCOCCOCCOC(=O)Oc1ccc2c(c1O)[C@]13CCN(CC4CC4)[C@H](C2)[C@]12CC[C@](OC)([C@@H]([C@](C)(O)C(C)(C)C)C2)[C@@H]3C. The van der Waals surface area contributed by atoms with Crippen molar-refractivity contribution in [3.8, 4) is 11.5 Å². The van der Waals surface area contributed by atoms with Gasteiger partial charge in [-0.25, -0.2) is 4.79 Å². The number of methoxy groups -OCH3 is 2. The first-order valence-electron chi connectivity index (χ1n) is 18.1. The van der Waals surface area contributed by atoms with E-state index in [9.17, 15) is 15.0 Å². The smallest absolute Gasteiger partial charge is 0.504 e. The molecular formula is C38H59NO9. The van der Waals surface area contributed by atoms with Crippen molar-refractivity contribution >= 4 is 6.16 Å². The quantitative estimate of drug-likeness (QED) is 0.149. The maximum Gasteiger partial charge on any atom is 0.514 e. The molecular weight excluding hydrogens is 614 g/mol. The normalized spacial score (nSPS) is 33.9. The molecule has 1 saturated heterocycles. The summed E-state index contributed by atoms with van der Waals surface area (Å²) in [4.78, 5) is 15.6. The fourth-order valence-electron chi connectivity index (χ4n) is 10.6. The lowest BCUT2D eigenvalue weighted by atomic mass is 9.30. The highest BCUT2D eigenvalue weighted by Crippen LogP contribution is 2.77. The van der Waals surface area contributed by atoms with Gasteiger partial charge in [-0.1, -0.05) is 33.8 Å². The number of carbonyl (C=O) groups is 1. The lowest BCUT2D eigenvalue weighted by molar-refractivity contribution is -0.308. The highest BCUT2D eigenvalue weighted by Gasteiger charge is 2.78. The van der Waals surface area contributed by atoms with Crippen LogP contribution in [0.15, 0.2) is 12.1 Å². The van der Waals surface area contributed by atoms with Gasteiger partial charge in [0.05, 0.1) is 44.2 Å². The molecule has 10 nitrogen and oxygen atoms in total. The Kier molecular flexibility index (Phi) is 9.94. The predicted octanol–water partition coefficient (Wildman–Crippen LogP) is 5.48. The van der Waals surface area contributed by atoms with E-state index in [-0.39, 0.29) is 47.4 Å². The third kappa shape index (κ3) is 5.66. The summed E-state index contributed by atoms with van der Waals surface area (Å²) in [7, 11) is 3.44. The summed E-state index contributed by atoms with van der Waals surface area (Å²) in [6.45, 7) is 14.8. The van der Waals surface area contributed by atoms with Crippen LogP contribution in [0.25, 0.3) is 0 Å². The molecule has 0 amide bonds. The molecule has 48 heavy (non-hydrogen) atoms. The van der Waals surface area contributed by atoms with Gasteiger partial charge in [-0.3, -0.25) is 4.90 Å². The molecule has 270 valence electrons. The summed E-state index contributed by atoms with van der Waals surface area (Å²) < 4.78 is 33.5. The number of nitrogens with zero attached hydrogens (tertiary/aromatic N) is 1. The maximum absolute atomic E-state index is 12.8. The van der Waals surface area contributed by atoms with Crippen LogP contribution in [0.1, 0.15) is 84.3 Å². The van der Waals surface area contributed by atoms with E-state index < -0.39 is 22.8 Å². The number of fused-ring (bicyclic) bond motifs is 3. The van der Waals surface area contributed by atoms with Gasteiger partial charge in [-0.2, -0.15) is 0 Å². The Morgan fingerprint density at radius 1 is 0.979 bits per heavy atom. The summed E-state index contributed by atoms with van der Waals surface area (Å²) in [6, 6.07) is 4.06. The first-order chi connectivity index (χ1) is 22.8. The molecule has 1 aliphatic heterocycles. The lowest BCUT2D eigenvalue weighted by Gasteiger charge is -2.78. The molecule has 7 atom stereocenters. The topological polar surface area (TPSA) is 116 Å². The number of piperidine rings is 1. The number of hydrogen-bond donors (Lipinski definition) is 2. The highest BCUT2D eigenvalue weighted by atomic mass is 16.7. The molecule has 7 rings (SSSR count). The largest absolute Gasteiger partial charge is 0.514 e. The van der Waals surface area contributed by atoms with Crippen molar-refractivity contribution < 1.29 is 43.4 Å². The molecule has 5 aliphatic carbocycles. The van der Waals surface area contributed by atoms with Gasteiger partial charge in [0.1, 0.15) is 6.61 Å².